The van der Waals surface area contributed by atoms with E-state index in [0.29, 0.717) is 25.0 Å². The number of rotatable bonds is 14. The molecule has 0 heterocycles. The Morgan fingerprint density at radius 2 is 1.20 bits per heavy atom. The van der Waals surface area contributed by atoms with E-state index in [4.69, 9.17) is 9.05 Å². The lowest BCUT2D eigenvalue weighted by Crippen LogP contribution is -2.10. The van der Waals surface area contributed by atoms with Crippen molar-refractivity contribution >= 4 is 8.60 Å². The zero-order valence-electron chi connectivity index (χ0n) is 13.9. The monoisotopic (exact) mass is 306 g/mol. The first-order valence-electron chi connectivity index (χ1n) is 8.42. The molecule has 0 spiro atoms. The van der Waals surface area contributed by atoms with Crippen molar-refractivity contribution in [2.24, 2.45) is 11.8 Å². The smallest absolute Gasteiger partial charge is 0.328 e. The van der Waals surface area contributed by atoms with Gasteiger partial charge in [0.05, 0.1) is 13.2 Å². The summed E-state index contributed by atoms with van der Waals surface area (Å²) < 4.78 is 11.0. The van der Waals surface area contributed by atoms with E-state index in [9.17, 15) is 4.89 Å². The van der Waals surface area contributed by atoms with Gasteiger partial charge in [-0.15, -0.1) is 0 Å². The average molecular weight is 306 g/mol. The molecule has 4 heteroatoms. The third kappa shape index (κ3) is 11.0. The molecule has 0 aliphatic carbocycles. The Kier molecular flexibility index (Phi) is 14.5. The molecule has 0 saturated carbocycles. The summed E-state index contributed by atoms with van der Waals surface area (Å²) in [5.74, 6) is 1.11. The predicted molar refractivity (Wildman–Crippen MR) is 87.7 cm³/mol. The maximum atomic E-state index is 9.81. The molecule has 0 aromatic rings. The summed E-state index contributed by atoms with van der Waals surface area (Å²) in [7, 11) is -1.69. The molecule has 0 fully saturated rings. The number of hydrogen-bond donors (Lipinski definition) is 1. The van der Waals surface area contributed by atoms with E-state index >= 15 is 0 Å². The Balaban J connectivity index is 3.76. The number of hydrogen-bond acceptors (Lipinski definition) is 3. The minimum Gasteiger partial charge on any atom is -0.328 e. The fourth-order valence-corrected chi connectivity index (χ4v) is 2.92. The molecule has 0 aliphatic rings. The topological polar surface area (TPSA) is 38.7 Å². The summed E-state index contributed by atoms with van der Waals surface area (Å²) in [5, 5.41) is 0. The van der Waals surface area contributed by atoms with Gasteiger partial charge in [-0.25, -0.2) is 0 Å². The van der Waals surface area contributed by atoms with Gasteiger partial charge in [0.2, 0.25) is 0 Å². The van der Waals surface area contributed by atoms with Crippen LogP contribution in [0.1, 0.15) is 79.1 Å². The first-order valence-corrected chi connectivity index (χ1v) is 9.55. The lowest BCUT2D eigenvalue weighted by Gasteiger charge is -2.19. The Morgan fingerprint density at radius 3 is 1.50 bits per heavy atom. The largest absolute Gasteiger partial charge is 0.329 e. The average Bonchev–Trinajstić information content (AvgIpc) is 2.47. The Morgan fingerprint density at radius 1 is 0.800 bits per heavy atom. The molecule has 0 bridgehead atoms. The van der Waals surface area contributed by atoms with Crippen LogP contribution in [0, 0.1) is 11.8 Å². The van der Waals surface area contributed by atoms with Crippen LogP contribution in [-0.4, -0.2) is 18.1 Å². The second kappa shape index (κ2) is 14.3. The molecular weight excluding hydrogens is 271 g/mol. The van der Waals surface area contributed by atoms with Crippen molar-refractivity contribution in [1.29, 1.82) is 0 Å². The van der Waals surface area contributed by atoms with Crippen molar-refractivity contribution in [3.8, 4) is 0 Å². The van der Waals surface area contributed by atoms with E-state index in [2.05, 4.69) is 27.7 Å². The van der Waals surface area contributed by atoms with Crippen LogP contribution in [-0.2, 0) is 9.05 Å². The van der Waals surface area contributed by atoms with Crippen LogP contribution >= 0.6 is 8.60 Å². The normalized spacial score (nSPS) is 14.7. The minimum absolute atomic E-state index is 0.553. The molecule has 0 unspecified atom stereocenters. The highest BCUT2D eigenvalue weighted by Crippen LogP contribution is 2.35. The van der Waals surface area contributed by atoms with Crippen LogP contribution in [0.4, 0.5) is 0 Å². The summed E-state index contributed by atoms with van der Waals surface area (Å²) in [4.78, 5) is 9.81. The molecule has 1 N–H and O–H groups in total. The molecule has 0 radical (unpaired) electrons. The summed E-state index contributed by atoms with van der Waals surface area (Å²) in [5.41, 5.74) is 0. The zero-order chi connectivity index (χ0) is 15.2. The predicted octanol–water partition coefficient (Wildman–Crippen LogP) is 5.67. The summed E-state index contributed by atoms with van der Waals surface area (Å²) in [6.45, 7) is 10.0. The molecule has 122 valence electrons. The second-order valence-electron chi connectivity index (χ2n) is 5.66. The van der Waals surface area contributed by atoms with E-state index in [1.54, 1.807) is 0 Å². The third-order valence-corrected chi connectivity index (χ3v) is 4.67. The zero-order valence-corrected chi connectivity index (χ0v) is 14.8. The van der Waals surface area contributed by atoms with Gasteiger partial charge >= 0.3 is 8.60 Å². The highest BCUT2D eigenvalue weighted by molar-refractivity contribution is 7.40. The van der Waals surface area contributed by atoms with Gasteiger partial charge < -0.3 is 13.9 Å². The van der Waals surface area contributed by atoms with E-state index in [0.717, 1.165) is 12.8 Å². The Hall–Kier alpha value is 0.310. The molecule has 0 aliphatic heterocycles. The van der Waals surface area contributed by atoms with Gasteiger partial charge in [-0.2, -0.15) is 0 Å². The van der Waals surface area contributed by atoms with Crippen LogP contribution in [0.3, 0.4) is 0 Å². The standard InChI is InChI=1S/C16H35O3P/c1-5-9-11-15(7-3)13-18-20(17)19-14-16(8-4)12-10-6-2/h15-17H,5-14H2,1-4H3/t15-,16-/m0/s1. The highest BCUT2D eigenvalue weighted by atomic mass is 31.2. The SMILES string of the molecule is CCCC[C@H](CC)COP(O)OC[C@@H](CC)CCCC. The van der Waals surface area contributed by atoms with Crippen LogP contribution in [0.15, 0.2) is 0 Å². The molecule has 0 aromatic heterocycles. The maximum absolute atomic E-state index is 9.81. The van der Waals surface area contributed by atoms with Crippen LogP contribution in [0.5, 0.6) is 0 Å². The lowest BCUT2D eigenvalue weighted by atomic mass is 10.0. The fourth-order valence-electron chi connectivity index (χ4n) is 2.17. The fraction of sp³-hybridized carbons (Fsp3) is 1.00. The van der Waals surface area contributed by atoms with Gasteiger partial charge in [0.15, 0.2) is 0 Å². The van der Waals surface area contributed by atoms with E-state index in [-0.39, 0.29) is 0 Å². The highest BCUT2D eigenvalue weighted by Gasteiger charge is 2.14. The quantitative estimate of drug-likeness (QED) is 0.420. The maximum Gasteiger partial charge on any atom is 0.329 e. The van der Waals surface area contributed by atoms with Gasteiger partial charge in [-0.1, -0.05) is 66.2 Å². The van der Waals surface area contributed by atoms with E-state index in [1.165, 1.54) is 38.5 Å². The second-order valence-corrected chi connectivity index (χ2v) is 6.65. The summed E-state index contributed by atoms with van der Waals surface area (Å²) in [6.07, 6.45) is 9.50. The third-order valence-electron chi connectivity index (χ3n) is 3.93. The van der Waals surface area contributed by atoms with Gasteiger partial charge in [-0.3, -0.25) is 0 Å². The molecule has 0 saturated heterocycles. The molecule has 0 aromatic carbocycles. The molecular formula is C16H35O3P. The van der Waals surface area contributed by atoms with Crippen molar-refractivity contribution in [2.75, 3.05) is 13.2 Å². The summed E-state index contributed by atoms with van der Waals surface area (Å²) >= 11 is 0. The Labute approximate surface area is 127 Å². The van der Waals surface area contributed by atoms with Crippen LogP contribution in [0.2, 0.25) is 0 Å². The van der Waals surface area contributed by atoms with Gasteiger partial charge in [0, 0.05) is 0 Å². The minimum atomic E-state index is -1.69. The molecule has 0 amide bonds. The van der Waals surface area contributed by atoms with E-state index in [1.807, 2.05) is 0 Å². The van der Waals surface area contributed by atoms with Crippen molar-refractivity contribution in [3.05, 3.63) is 0 Å². The van der Waals surface area contributed by atoms with Crippen molar-refractivity contribution < 1.29 is 13.9 Å². The van der Waals surface area contributed by atoms with Crippen molar-refractivity contribution in [1.82, 2.24) is 0 Å². The van der Waals surface area contributed by atoms with Crippen LogP contribution < -0.4 is 0 Å². The molecule has 2 atom stereocenters. The van der Waals surface area contributed by atoms with Gasteiger partial charge in [0.1, 0.15) is 0 Å². The molecule has 3 nitrogen and oxygen atoms in total. The lowest BCUT2D eigenvalue weighted by molar-refractivity contribution is 0.148. The van der Waals surface area contributed by atoms with Crippen LogP contribution in [0.25, 0.3) is 0 Å². The van der Waals surface area contributed by atoms with Gasteiger partial charge in [0.25, 0.3) is 0 Å². The van der Waals surface area contributed by atoms with Gasteiger partial charge in [-0.05, 0) is 24.7 Å². The molecule has 0 rings (SSSR count). The Bertz CT molecular complexity index is 182. The van der Waals surface area contributed by atoms with Crippen molar-refractivity contribution in [2.45, 2.75) is 79.1 Å². The number of unbranched alkanes of at least 4 members (excludes halogenated alkanes) is 2. The first kappa shape index (κ1) is 20.3. The summed E-state index contributed by atoms with van der Waals surface area (Å²) in [6, 6.07) is 0. The van der Waals surface area contributed by atoms with Crippen molar-refractivity contribution in [3.63, 3.8) is 0 Å². The first-order chi connectivity index (χ1) is 9.67. The van der Waals surface area contributed by atoms with E-state index < -0.39 is 8.60 Å². The molecule has 20 heavy (non-hydrogen) atoms.